The van der Waals surface area contributed by atoms with Gasteiger partial charge in [-0.2, -0.15) is 4.72 Å². The second-order valence-electron chi connectivity index (χ2n) is 6.29. The van der Waals surface area contributed by atoms with Gasteiger partial charge in [-0.3, -0.25) is 0 Å². The lowest BCUT2D eigenvalue weighted by molar-refractivity contribution is 0.141. The van der Waals surface area contributed by atoms with Crippen molar-refractivity contribution in [3.05, 3.63) is 53.2 Å². The molecule has 7 nitrogen and oxygen atoms in total. The highest BCUT2D eigenvalue weighted by atomic mass is 35.5. The predicted molar refractivity (Wildman–Crippen MR) is 108 cm³/mol. The number of hydrogen-bond acceptors (Lipinski definition) is 6. The predicted octanol–water partition coefficient (Wildman–Crippen LogP) is 3.52. The van der Waals surface area contributed by atoms with Crippen molar-refractivity contribution < 1.29 is 22.7 Å². The Labute approximate surface area is 168 Å². The first kappa shape index (κ1) is 20.5. The fourth-order valence-electron chi connectivity index (χ4n) is 2.76. The number of furan rings is 1. The third-order valence-electron chi connectivity index (χ3n) is 4.06. The third kappa shape index (κ3) is 4.10. The molecule has 0 bridgehead atoms. The first-order valence-electron chi connectivity index (χ1n) is 8.55. The molecule has 1 atom stereocenters. The summed E-state index contributed by atoms with van der Waals surface area (Å²) in [4.78, 5) is 1.76. The Morgan fingerprint density at radius 2 is 1.96 bits per heavy atom. The zero-order valence-electron chi connectivity index (χ0n) is 15.6. The van der Waals surface area contributed by atoms with Crippen molar-refractivity contribution in [1.82, 2.24) is 4.72 Å². The quantitative estimate of drug-likeness (QED) is 0.564. The number of rotatable bonds is 7. The minimum absolute atomic E-state index is 0.0550. The summed E-state index contributed by atoms with van der Waals surface area (Å²) in [7, 11) is -0.361. The average molecular weight is 425 g/mol. The molecule has 3 rings (SSSR count). The van der Waals surface area contributed by atoms with Crippen LogP contribution < -0.4 is 14.4 Å². The lowest BCUT2D eigenvalue weighted by Crippen LogP contribution is -2.28. The smallest absolute Gasteiger partial charge is 0.246 e. The molecular weight excluding hydrogens is 404 g/mol. The van der Waals surface area contributed by atoms with E-state index in [1.54, 1.807) is 43.3 Å². The maximum Gasteiger partial charge on any atom is 0.246 e. The van der Waals surface area contributed by atoms with Crippen molar-refractivity contribution in [2.24, 2.45) is 0 Å². The molecule has 0 aliphatic heterocycles. The lowest BCUT2D eigenvalue weighted by atomic mass is 10.2. The number of halogens is 1. The van der Waals surface area contributed by atoms with Crippen molar-refractivity contribution in [3.63, 3.8) is 0 Å². The van der Waals surface area contributed by atoms with Gasteiger partial charge in [0.05, 0.1) is 17.3 Å². The van der Waals surface area contributed by atoms with Crippen LogP contribution in [0.5, 0.6) is 5.75 Å². The number of aliphatic hydroxyl groups excluding tert-OH is 1. The Morgan fingerprint density at radius 1 is 1.25 bits per heavy atom. The molecule has 1 aromatic heterocycles. The minimum Gasteiger partial charge on any atom is -0.492 e. The number of nitrogens with zero attached hydrogens (tertiary/aromatic N) is 1. The molecule has 0 amide bonds. The molecule has 0 saturated heterocycles. The molecule has 0 spiro atoms. The fraction of sp³-hybridized carbons (Fsp3) is 0.263. The molecule has 3 aromatic rings. The van der Waals surface area contributed by atoms with Crippen LogP contribution >= 0.6 is 11.6 Å². The summed E-state index contributed by atoms with van der Waals surface area (Å²) in [5.41, 5.74) is 1.23. The molecule has 2 N–H and O–H groups in total. The number of aliphatic hydroxyl groups is 1. The van der Waals surface area contributed by atoms with Gasteiger partial charge in [-0.15, -0.1) is 0 Å². The highest BCUT2D eigenvalue weighted by Gasteiger charge is 2.25. The number of benzene rings is 2. The van der Waals surface area contributed by atoms with E-state index in [-0.39, 0.29) is 16.4 Å². The van der Waals surface area contributed by atoms with Crippen LogP contribution in [0, 0.1) is 0 Å². The molecular formula is C19H21ClN2O5S. The molecule has 0 radical (unpaired) electrons. The number of sulfonamides is 1. The van der Waals surface area contributed by atoms with Crippen molar-refractivity contribution in [2.45, 2.75) is 18.0 Å². The van der Waals surface area contributed by atoms with Crippen LogP contribution in [0.4, 0.5) is 5.69 Å². The van der Waals surface area contributed by atoms with E-state index in [0.717, 1.165) is 5.69 Å². The fourth-order valence-corrected chi connectivity index (χ4v) is 4.29. The second-order valence-corrected chi connectivity index (χ2v) is 8.38. The van der Waals surface area contributed by atoms with E-state index in [9.17, 15) is 13.5 Å². The maximum atomic E-state index is 12.7. The second kappa shape index (κ2) is 8.00. The Kier molecular flexibility index (Phi) is 5.85. The van der Waals surface area contributed by atoms with E-state index in [2.05, 4.69) is 4.72 Å². The Balaban J connectivity index is 1.91. The highest BCUT2D eigenvalue weighted by Crippen LogP contribution is 2.33. The zero-order valence-corrected chi connectivity index (χ0v) is 17.2. The van der Waals surface area contributed by atoms with Crippen LogP contribution in [-0.2, 0) is 10.0 Å². The first-order valence-corrected chi connectivity index (χ1v) is 10.4. The van der Waals surface area contributed by atoms with Crippen molar-refractivity contribution in [3.8, 4) is 5.75 Å². The molecule has 9 heteroatoms. The van der Waals surface area contributed by atoms with Gasteiger partial charge in [0.15, 0.2) is 6.23 Å². The van der Waals surface area contributed by atoms with Crippen LogP contribution in [0.1, 0.15) is 18.9 Å². The summed E-state index contributed by atoms with van der Waals surface area (Å²) in [5.74, 6) is 0.260. The summed E-state index contributed by atoms with van der Waals surface area (Å²) < 4.78 is 38.6. The van der Waals surface area contributed by atoms with Crippen LogP contribution in [0.15, 0.2) is 51.8 Å². The molecule has 0 aliphatic carbocycles. The molecule has 28 heavy (non-hydrogen) atoms. The topological polar surface area (TPSA) is 92.0 Å². The summed E-state index contributed by atoms with van der Waals surface area (Å²) in [6.07, 6.45) is -1.58. The van der Waals surface area contributed by atoms with E-state index in [1.165, 1.54) is 6.07 Å². The molecule has 0 saturated carbocycles. The van der Waals surface area contributed by atoms with Gasteiger partial charge in [0, 0.05) is 25.5 Å². The number of hydrogen-bond donors (Lipinski definition) is 2. The summed E-state index contributed by atoms with van der Waals surface area (Å²) >= 11 is 6.25. The number of para-hydroxylation sites is 1. The standard InChI is InChI=1S/C19H21ClN2O5S/c1-4-26-15-7-5-6-8-18(15)28(24,25)21-19(23)17-10-12-9-13(20)14(22(2)3)11-16(12)27-17/h5-11,19,21,23H,4H2,1-3H3. The van der Waals surface area contributed by atoms with Gasteiger partial charge in [0.2, 0.25) is 10.0 Å². The number of ether oxygens (including phenoxy) is 1. The van der Waals surface area contributed by atoms with E-state index >= 15 is 0 Å². The van der Waals surface area contributed by atoms with Crippen LogP contribution in [0.2, 0.25) is 5.02 Å². The van der Waals surface area contributed by atoms with Gasteiger partial charge in [0.1, 0.15) is 22.0 Å². The summed E-state index contributed by atoms with van der Waals surface area (Å²) in [6, 6.07) is 11.2. The molecule has 1 unspecified atom stereocenters. The van der Waals surface area contributed by atoms with E-state index in [1.807, 2.05) is 19.0 Å². The molecule has 2 aromatic carbocycles. The largest absolute Gasteiger partial charge is 0.492 e. The summed E-state index contributed by atoms with van der Waals surface area (Å²) in [6.45, 7) is 2.07. The highest BCUT2D eigenvalue weighted by molar-refractivity contribution is 7.89. The van der Waals surface area contributed by atoms with Crippen molar-refractivity contribution >= 4 is 38.3 Å². The molecule has 0 fully saturated rings. The Morgan fingerprint density at radius 3 is 2.64 bits per heavy atom. The monoisotopic (exact) mass is 424 g/mol. The van der Waals surface area contributed by atoms with Crippen molar-refractivity contribution in [2.75, 3.05) is 25.6 Å². The van der Waals surface area contributed by atoms with Gasteiger partial charge in [-0.25, -0.2) is 8.42 Å². The van der Waals surface area contributed by atoms with Gasteiger partial charge in [0.25, 0.3) is 0 Å². The zero-order chi connectivity index (χ0) is 20.5. The number of anilines is 1. The molecule has 150 valence electrons. The third-order valence-corrected chi connectivity index (χ3v) is 5.81. The van der Waals surface area contributed by atoms with Gasteiger partial charge < -0.3 is 19.2 Å². The van der Waals surface area contributed by atoms with Gasteiger partial charge in [-0.1, -0.05) is 23.7 Å². The Bertz CT molecular complexity index is 1090. The lowest BCUT2D eigenvalue weighted by Gasteiger charge is -2.14. The number of fused-ring (bicyclic) bond motifs is 1. The van der Waals surface area contributed by atoms with Crippen LogP contribution in [-0.4, -0.2) is 34.2 Å². The minimum atomic E-state index is -4.05. The SMILES string of the molecule is CCOc1ccccc1S(=O)(=O)NC(O)c1cc2cc(Cl)c(N(C)C)cc2o1. The number of nitrogens with one attached hydrogen (secondary N) is 1. The van der Waals surface area contributed by atoms with E-state index in [0.29, 0.717) is 22.6 Å². The van der Waals surface area contributed by atoms with Crippen LogP contribution in [0.25, 0.3) is 11.0 Å². The Hall–Kier alpha value is -2.26. The molecule has 1 heterocycles. The van der Waals surface area contributed by atoms with Gasteiger partial charge in [-0.05, 0) is 31.2 Å². The normalized spacial score (nSPS) is 12.9. The summed E-state index contributed by atoms with van der Waals surface area (Å²) in [5, 5.41) is 11.6. The first-order chi connectivity index (χ1) is 13.2. The molecule has 0 aliphatic rings. The van der Waals surface area contributed by atoms with E-state index < -0.39 is 16.3 Å². The van der Waals surface area contributed by atoms with E-state index in [4.69, 9.17) is 20.8 Å². The van der Waals surface area contributed by atoms with Gasteiger partial charge >= 0.3 is 0 Å². The maximum absolute atomic E-state index is 12.7. The van der Waals surface area contributed by atoms with Crippen LogP contribution in [0.3, 0.4) is 0 Å². The van der Waals surface area contributed by atoms with Crippen molar-refractivity contribution in [1.29, 1.82) is 0 Å². The average Bonchev–Trinajstić information content (AvgIpc) is 3.04.